The van der Waals surface area contributed by atoms with E-state index in [1.165, 1.54) is 38.8 Å². The Kier molecular flexibility index (Phi) is 3.57. The highest BCUT2D eigenvalue weighted by Crippen LogP contribution is 2.33. The zero-order chi connectivity index (χ0) is 12.7. The van der Waals surface area contributed by atoms with E-state index in [1.54, 1.807) is 0 Å². The van der Waals surface area contributed by atoms with Crippen molar-refractivity contribution in [2.24, 2.45) is 5.41 Å². The van der Waals surface area contributed by atoms with E-state index >= 15 is 0 Å². The summed E-state index contributed by atoms with van der Waals surface area (Å²) in [5.74, 6) is 0. The molecule has 1 atom stereocenters. The Morgan fingerprint density at radius 1 is 1.00 bits per heavy atom. The number of rotatable bonds is 4. The zero-order valence-corrected chi connectivity index (χ0v) is 12.3. The lowest BCUT2D eigenvalue weighted by Gasteiger charge is -2.40. The Morgan fingerprint density at radius 2 is 1.65 bits per heavy atom. The molecule has 0 aromatic carbocycles. The molecule has 2 fully saturated rings. The molecule has 1 saturated heterocycles. The normalized spacial score (nSPS) is 27.7. The van der Waals surface area contributed by atoms with Gasteiger partial charge in [-0.05, 0) is 44.9 Å². The second kappa shape index (κ2) is 4.55. The van der Waals surface area contributed by atoms with Crippen LogP contribution >= 0.6 is 0 Å². The van der Waals surface area contributed by atoms with E-state index in [1.807, 2.05) is 0 Å². The van der Waals surface area contributed by atoms with Crippen LogP contribution in [0.3, 0.4) is 0 Å². The first-order valence-corrected chi connectivity index (χ1v) is 7.27. The van der Waals surface area contributed by atoms with Gasteiger partial charge in [-0.15, -0.1) is 0 Å². The third kappa shape index (κ3) is 3.96. The van der Waals surface area contributed by atoms with Crippen molar-refractivity contribution < 1.29 is 0 Å². The number of nitrogens with zero attached hydrogens (tertiary/aromatic N) is 1. The van der Waals surface area contributed by atoms with E-state index in [4.69, 9.17) is 0 Å². The van der Waals surface area contributed by atoms with Crippen LogP contribution in [-0.4, -0.2) is 35.6 Å². The monoisotopic (exact) mass is 238 g/mol. The number of hydrogen-bond donors (Lipinski definition) is 1. The highest BCUT2D eigenvalue weighted by molar-refractivity contribution is 4.95. The van der Waals surface area contributed by atoms with Gasteiger partial charge in [0.05, 0.1) is 0 Å². The van der Waals surface area contributed by atoms with E-state index in [-0.39, 0.29) is 0 Å². The SMILES string of the molecule is CC(C)(C)CC(C)(C)N1CCC(NC2CC2)C1. The molecule has 1 N–H and O–H groups in total. The lowest BCUT2D eigenvalue weighted by molar-refractivity contribution is 0.0993. The van der Waals surface area contributed by atoms with Crippen molar-refractivity contribution in [2.45, 2.75) is 77.9 Å². The van der Waals surface area contributed by atoms with E-state index < -0.39 is 0 Å². The predicted octanol–water partition coefficient (Wildman–Crippen LogP) is 3.03. The summed E-state index contributed by atoms with van der Waals surface area (Å²) < 4.78 is 0. The molecule has 0 amide bonds. The molecule has 0 spiro atoms. The molecule has 2 aliphatic rings. The van der Waals surface area contributed by atoms with Crippen LogP contribution in [0.15, 0.2) is 0 Å². The molecule has 2 nitrogen and oxygen atoms in total. The topological polar surface area (TPSA) is 15.3 Å². The molecule has 0 aromatic heterocycles. The Balaban J connectivity index is 1.85. The smallest absolute Gasteiger partial charge is 0.0209 e. The second-order valence-corrected chi connectivity index (χ2v) is 7.92. The van der Waals surface area contributed by atoms with Crippen LogP contribution < -0.4 is 5.32 Å². The van der Waals surface area contributed by atoms with Gasteiger partial charge in [-0.2, -0.15) is 0 Å². The van der Waals surface area contributed by atoms with Crippen LogP contribution in [0.1, 0.15) is 60.3 Å². The molecule has 1 saturated carbocycles. The van der Waals surface area contributed by atoms with Crippen molar-refractivity contribution in [3.05, 3.63) is 0 Å². The van der Waals surface area contributed by atoms with Crippen LogP contribution in [0.25, 0.3) is 0 Å². The van der Waals surface area contributed by atoms with E-state index in [9.17, 15) is 0 Å². The van der Waals surface area contributed by atoms with Gasteiger partial charge >= 0.3 is 0 Å². The predicted molar refractivity (Wildman–Crippen MR) is 74.3 cm³/mol. The summed E-state index contributed by atoms with van der Waals surface area (Å²) in [6, 6.07) is 1.60. The molecule has 2 rings (SSSR count). The molecule has 0 bridgehead atoms. The molecule has 1 heterocycles. The van der Waals surface area contributed by atoms with Gasteiger partial charge in [0, 0.05) is 30.7 Å². The standard InChI is InChI=1S/C15H30N2/c1-14(2,3)11-15(4,5)17-9-8-13(10-17)16-12-6-7-12/h12-13,16H,6-11H2,1-5H3. The van der Waals surface area contributed by atoms with Crippen LogP contribution in [0, 0.1) is 5.41 Å². The minimum Gasteiger partial charge on any atom is -0.310 e. The maximum absolute atomic E-state index is 3.78. The van der Waals surface area contributed by atoms with Crippen molar-refractivity contribution >= 4 is 0 Å². The first-order valence-electron chi connectivity index (χ1n) is 7.27. The minimum atomic E-state index is 0.345. The summed E-state index contributed by atoms with van der Waals surface area (Å²) in [4.78, 5) is 2.69. The van der Waals surface area contributed by atoms with Crippen molar-refractivity contribution in [3.63, 3.8) is 0 Å². The van der Waals surface area contributed by atoms with E-state index in [2.05, 4.69) is 44.8 Å². The zero-order valence-electron chi connectivity index (χ0n) is 12.3. The maximum Gasteiger partial charge on any atom is 0.0209 e. The molecular formula is C15H30N2. The van der Waals surface area contributed by atoms with Gasteiger partial charge in [0.2, 0.25) is 0 Å². The fraction of sp³-hybridized carbons (Fsp3) is 1.00. The fourth-order valence-corrected chi connectivity index (χ4v) is 3.44. The number of hydrogen-bond acceptors (Lipinski definition) is 2. The Labute approximate surface area is 107 Å². The summed E-state index contributed by atoms with van der Waals surface area (Å²) in [5.41, 5.74) is 0.768. The molecule has 1 aliphatic heterocycles. The van der Waals surface area contributed by atoms with E-state index in [0.29, 0.717) is 11.0 Å². The second-order valence-electron chi connectivity index (χ2n) is 7.92. The molecule has 0 radical (unpaired) electrons. The van der Waals surface area contributed by atoms with E-state index in [0.717, 1.165) is 12.1 Å². The molecular weight excluding hydrogens is 208 g/mol. The van der Waals surface area contributed by atoms with Gasteiger partial charge in [-0.1, -0.05) is 20.8 Å². The van der Waals surface area contributed by atoms with Crippen LogP contribution in [-0.2, 0) is 0 Å². The lowest BCUT2D eigenvalue weighted by Crippen LogP contribution is -2.46. The van der Waals surface area contributed by atoms with Gasteiger partial charge in [0.1, 0.15) is 0 Å². The third-order valence-electron chi connectivity index (χ3n) is 4.06. The van der Waals surface area contributed by atoms with Gasteiger partial charge in [0.15, 0.2) is 0 Å². The van der Waals surface area contributed by atoms with Crippen molar-refractivity contribution in [1.82, 2.24) is 10.2 Å². The molecule has 1 aliphatic carbocycles. The van der Waals surface area contributed by atoms with Crippen LogP contribution in [0.5, 0.6) is 0 Å². The van der Waals surface area contributed by atoms with Crippen molar-refractivity contribution in [3.8, 4) is 0 Å². The van der Waals surface area contributed by atoms with Gasteiger partial charge in [-0.25, -0.2) is 0 Å². The fourth-order valence-electron chi connectivity index (χ4n) is 3.44. The summed E-state index contributed by atoms with van der Waals surface area (Å²) in [5, 5.41) is 3.78. The van der Waals surface area contributed by atoms with Crippen molar-refractivity contribution in [2.75, 3.05) is 13.1 Å². The number of likely N-dealkylation sites (tertiary alicyclic amines) is 1. The van der Waals surface area contributed by atoms with Gasteiger partial charge in [0.25, 0.3) is 0 Å². The summed E-state index contributed by atoms with van der Waals surface area (Å²) in [6.07, 6.45) is 5.42. The Morgan fingerprint density at radius 3 is 2.18 bits per heavy atom. The maximum atomic E-state index is 3.78. The van der Waals surface area contributed by atoms with Gasteiger partial charge in [-0.3, -0.25) is 4.90 Å². The highest BCUT2D eigenvalue weighted by Gasteiger charge is 2.37. The van der Waals surface area contributed by atoms with Gasteiger partial charge < -0.3 is 5.32 Å². The summed E-state index contributed by atoms with van der Waals surface area (Å²) in [6.45, 7) is 14.4. The summed E-state index contributed by atoms with van der Waals surface area (Å²) >= 11 is 0. The molecule has 1 unspecified atom stereocenters. The first-order chi connectivity index (χ1) is 7.76. The first kappa shape index (κ1) is 13.4. The third-order valence-corrected chi connectivity index (χ3v) is 4.06. The van der Waals surface area contributed by atoms with Crippen LogP contribution in [0.4, 0.5) is 0 Å². The highest BCUT2D eigenvalue weighted by atomic mass is 15.2. The molecule has 0 aromatic rings. The lowest BCUT2D eigenvalue weighted by atomic mass is 9.81. The Hall–Kier alpha value is -0.0800. The largest absolute Gasteiger partial charge is 0.310 e. The molecule has 100 valence electrons. The minimum absolute atomic E-state index is 0.345. The van der Waals surface area contributed by atoms with Crippen LogP contribution in [0.2, 0.25) is 0 Å². The number of nitrogens with one attached hydrogen (secondary N) is 1. The van der Waals surface area contributed by atoms with Crippen molar-refractivity contribution in [1.29, 1.82) is 0 Å². The molecule has 2 heteroatoms. The average molecular weight is 238 g/mol. The Bertz CT molecular complexity index is 261. The quantitative estimate of drug-likeness (QED) is 0.810. The average Bonchev–Trinajstić information content (AvgIpc) is 2.76. The molecule has 17 heavy (non-hydrogen) atoms. The summed E-state index contributed by atoms with van der Waals surface area (Å²) in [7, 11) is 0.